The molecule has 0 spiro atoms. The molecule has 17 heavy (non-hydrogen) atoms. The lowest BCUT2D eigenvalue weighted by atomic mass is 9.94. The van der Waals surface area contributed by atoms with Crippen molar-refractivity contribution in [3.8, 4) is 0 Å². The number of hydrogen-bond donors (Lipinski definition) is 1. The molecule has 1 N–H and O–H groups in total. The van der Waals surface area contributed by atoms with E-state index >= 15 is 0 Å². The van der Waals surface area contributed by atoms with E-state index in [1.807, 2.05) is 18.1 Å². The number of nitrogens with one attached hydrogen (secondary N) is 1. The van der Waals surface area contributed by atoms with E-state index in [1.54, 1.807) is 11.8 Å². The summed E-state index contributed by atoms with van der Waals surface area (Å²) >= 11 is 1.73. The van der Waals surface area contributed by atoms with Gasteiger partial charge in [0.05, 0.1) is 0 Å². The maximum atomic E-state index is 12.5. The van der Waals surface area contributed by atoms with Crippen LogP contribution in [0.1, 0.15) is 26.2 Å². The van der Waals surface area contributed by atoms with Gasteiger partial charge in [0.25, 0.3) is 0 Å². The smallest absolute Gasteiger partial charge is 0.248 e. The van der Waals surface area contributed by atoms with Crippen LogP contribution in [0.2, 0.25) is 0 Å². The molecular formula is C12H20N2O2S. The van der Waals surface area contributed by atoms with E-state index in [0.717, 1.165) is 25.1 Å². The van der Waals surface area contributed by atoms with Crippen molar-refractivity contribution in [3.63, 3.8) is 0 Å². The molecule has 1 aliphatic carbocycles. The van der Waals surface area contributed by atoms with Gasteiger partial charge in [0.15, 0.2) is 0 Å². The topological polar surface area (TPSA) is 49.4 Å². The summed E-state index contributed by atoms with van der Waals surface area (Å²) in [6.07, 6.45) is 4.58. The lowest BCUT2D eigenvalue weighted by molar-refractivity contribution is -0.138. The second-order valence-electron chi connectivity index (χ2n) is 5.06. The molecule has 4 nitrogen and oxygen atoms in total. The standard InChI is InChI=1S/C12H20N2O2S/c1-12(9-3-4-9)11(16)14(7-8-17-2)6-5-10(15)13-12/h9H,3-8H2,1-2H3,(H,13,15). The van der Waals surface area contributed by atoms with Crippen molar-refractivity contribution in [3.05, 3.63) is 0 Å². The average molecular weight is 256 g/mol. The highest BCUT2D eigenvalue weighted by molar-refractivity contribution is 7.98. The van der Waals surface area contributed by atoms with Gasteiger partial charge in [0.2, 0.25) is 11.8 Å². The number of hydrogen-bond acceptors (Lipinski definition) is 3. The normalized spacial score (nSPS) is 30.1. The first kappa shape index (κ1) is 12.7. The summed E-state index contributed by atoms with van der Waals surface area (Å²) in [5.74, 6) is 1.40. The zero-order chi connectivity index (χ0) is 12.5. The van der Waals surface area contributed by atoms with Crippen LogP contribution in [-0.4, -0.2) is 47.4 Å². The molecular weight excluding hydrogens is 236 g/mol. The molecule has 2 aliphatic rings. The first-order valence-electron chi connectivity index (χ1n) is 6.17. The number of carbonyl (C=O) groups is 2. The van der Waals surface area contributed by atoms with E-state index in [1.165, 1.54) is 0 Å². The Hall–Kier alpha value is -0.710. The van der Waals surface area contributed by atoms with Crippen LogP contribution >= 0.6 is 11.8 Å². The minimum absolute atomic E-state index is 0.0133. The van der Waals surface area contributed by atoms with Crippen LogP contribution < -0.4 is 5.32 Å². The number of carbonyl (C=O) groups excluding carboxylic acids is 2. The van der Waals surface area contributed by atoms with E-state index < -0.39 is 5.54 Å². The molecule has 0 aromatic rings. The SMILES string of the molecule is CSCCN1CCC(=O)NC(C)(C2CC2)C1=O. The molecule has 0 aromatic carbocycles. The number of amides is 2. The van der Waals surface area contributed by atoms with E-state index in [4.69, 9.17) is 0 Å². The average Bonchev–Trinajstić information content (AvgIpc) is 3.11. The Balaban J connectivity index is 2.13. The lowest BCUT2D eigenvalue weighted by Crippen LogP contribution is -2.57. The molecule has 1 heterocycles. The van der Waals surface area contributed by atoms with Gasteiger partial charge in [-0.1, -0.05) is 0 Å². The maximum absolute atomic E-state index is 12.5. The largest absolute Gasteiger partial charge is 0.342 e. The highest BCUT2D eigenvalue weighted by Crippen LogP contribution is 2.41. The number of thioether (sulfide) groups is 1. The molecule has 1 saturated carbocycles. The Bertz CT molecular complexity index is 330. The van der Waals surface area contributed by atoms with Gasteiger partial charge < -0.3 is 10.2 Å². The third-order valence-electron chi connectivity index (χ3n) is 3.70. The fraction of sp³-hybridized carbons (Fsp3) is 0.833. The monoisotopic (exact) mass is 256 g/mol. The van der Waals surface area contributed by atoms with Gasteiger partial charge in [0, 0.05) is 25.3 Å². The van der Waals surface area contributed by atoms with Crippen LogP contribution in [0.25, 0.3) is 0 Å². The highest BCUT2D eigenvalue weighted by Gasteiger charge is 2.50. The molecule has 1 atom stereocenters. The van der Waals surface area contributed by atoms with Gasteiger partial charge in [-0.3, -0.25) is 9.59 Å². The molecule has 2 rings (SSSR count). The Morgan fingerprint density at radius 2 is 2.18 bits per heavy atom. The predicted molar refractivity (Wildman–Crippen MR) is 68.9 cm³/mol. The Morgan fingerprint density at radius 1 is 1.47 bits per heavy atom. The van der Waals surface area contributed by atoms with Crippen LogP contribution in [0.3, 0.4) is 0 Å². The van der Waals surface area contributed by atoms with E-state index in [9.17, 15) is 9.59 Å². The Morgan fingerprint density at radius 3 is 2.76 bits per heavy atom. The Labute approximate surface area is 106 Å². The Kier molecular flexibility index (Phi) is 3.66. The summed E-state index contributed by atoms with van der Waals surface area (Å²) in [4.78, 5) is 26.1. The fourth-order valence-corrected chi connectivity index (χ4v) is 2.83. The van der Waals surface area contributed by atoms with Crippen molar-refractivity contribution >= 4 is 23.6 Å². The first-order valence-corrected chi connectivity index (χ1v) is 7.56. The van der Waals surface area contributed by atoms with Crippen molar-refractivity contribution in [2.75, 3.05) is 25.1 Å². The van der Waals surface area contributed by atoms with Crippen molar-refractivity contribution in [2.24, 2.45) is 5.92 Å². The fourth-order valence-electron chi connectivity index (χ4n) is 2.42. The van der Waals surface area contributed by atoms with Gasteiger partial charge in [-0.05, 0) is 31.9 Å². The van der Waals surface area contributed by atoms with Gasteiger partial charge in [-0.25, -0.2) is 0 Å². The quantitative estimate of drug-likeness (QED) is 0.812. The van der Waals surface area contributed by atoms with Crippen LogP contribution in [0.5, 0.6) is 0 Å². The lowest BCUT2D eigenvalue weighted by Gasteiger charge is -2.32. The summed E-state index contributed by atoms with van der Waals surface area (Å²) in [7, 11) is 0. The molecule has 0 bridgehead atoms. The number of rotatable bonds is 4. The summed E-state index contributed by atoms with van der Waals surface area (Å²) in [5, 5.41) is 2.94. The summed E-state index contributed by atoms with van der Waals surface area (Å²) in [6, 6.07) is 0. The summed E-state index contributed by atoms with van der Waals surface area (Å²) < 4.78 is 0. The molecule has 1 aliphatic heterocycles. The molecule has 2 amide bonds. The summed E-state index contributed by atoms with van der Waals surface area (Å²) in [5.41, 5.74) is -0.647. The van der Waals surface area contributed by atoms with Gasteiger partial charge in [-0.2, -0.15) is 11.8 Å². The van der Waals surface area contributed by atoms with Crippen LogP contribution in [0, 0.1) is 5.92 Å². The second-order valence-corrected chi connectivity index (χ2v) is 6.05. The minimum atomic E-state index is -0.647. The molecule has 2 fully saturated rings. The molecule has 5 heteroatoms. The number of nitrogens with zero attached hydrogens (tertiary/aromatic N) is 1. The maximum Gasteiger partial charge on any atom is 0.248 e. The van der Waals surface area contributed by atoms with Crippen molar-refractivity contribution in [1.29, 1.82) is 0 Å². The van der Waals surface area contributed by atoms with Crippen LogP contribution in [0.4, 0.5) is 0 Å². The zero-order valence-electron chi connectivity index (χ0n) is 10.5. The van der Waals surface area contributed by atoms with E-state index in [-0.39, 0.29) is 11.8 Å². The van der Waals surface area contributed by atoms with Crippen LogP contribution in [0.15, 0.2) is 0 Å². The van der Waals surface area contributed by atoms with Crippen molar-refractivity contribution in [2.45, 2.75) is 31.7 Å². The predicted octanol–water partition coefficient (Wildman–Crippen LogP) is 0.867. The van der Waals surface area contributed by atoms with Gasteiger partial charge in [-0.15, -0.1) is 0 Å². The molecule has 96 valence electrons. The minimum Gasteiger partial charge on any atom is -0.342 e. The van der Waals surface area contributed by atoms with E-state index in [0.29, 0.717) is 18.9 Å². The third kappa shape index (κ3) is 2.59. The van der Waals surface area contributed by atoms with Gasteiger partial charge in [0.1, 0.15) is 5.54 Å². The van der Waals surface area contributed by atoms with Crippen molar-refractivity contribution < 1.29 is 9.59 Å². The van der Waals surface area contributed by atoms with Crippen LogP contribution in [-0.2, 0) is 9.59 Å². The van der Waals surface area contributed by atoms with E-state index in [2.05, 4.69) is 5.32 Å². The second kappa shape index (κ2) is 4.88. The van der Waals surface area contributed by atoms with Gasteiger partial charge >= 0.3 is 0 Å². The highest BCUT2D eigenvalue weighted by atomic mass is 32.2. The van der Waals surface area contributed by atoms with Crippen molar-refractivity contribution in [1.82, 2.24) is 10.2 Å². The molecule has 0 radical (unpaired) electrons. The molecule has 0 aromatic heterocycles. The first-order chi connectivity index (χ1) is 8.08. The molecule has 1 unspecified atom stereocenters. The molecule has 1 saturated heterocycles. The summed E-state index contributed by atoms with van der Waals surface area (Å²) in [6.45, 7) is 3.20. The third-order valence-corrected chi connectivity index (χ3v) is 4.29. The zero-order valence-corrected chi connectivity index (χ0v) is 11.3.